The van der Waals surface area contributed by atoms with E-state index in [0.29, 0.717) is 5.76 Å². The van der Waals surface area contributed by atoms with E-state index in [4.69, 9.17) is 4.42 Å². The minimum Gasteiger partial charge on any atom is -0.461 e. The number of hydrogen-bond acceptors (Lipinski definition) is 2. The van der Waals surface area contributed by atoms with Gasteiger partial charge >= 0.3 is 0 Å². The van der Waals surface area contributed by atoms with Crippen LogP contribution in [-0.2, 0) is 0 Å². The highest BCUT2D eigenvalue weighted by Crippen LogP contribution is 2.21. The van der Waals surface area contributed by atoms with Gasteiger partial charge in [-0.25, -0.2) is 14.7 Å². The Morgan fingerprint density at radius 1 is 1.12 bits per heavy atom. The van der Waals surface area contributed by atoms with E-state index in [1.807, 2.05) is 0 Å². The van der Waals surface area contributed by atoms with Crippen LogP contribution in [0.1, 0.15) is 10.6 Å². The normalized spacial score (nSPS) is 42.9. The highest BCUT2D eigenvalue weighted by Gasteiger charge is 2.61. The van der Waals surface area contributed by atoms with Crippen molar-refractivity contribution in [1.29, 1.82) is 0 Å². The summed E-state index contributed by atoms with van der Waals surface area (Å²) in [7, 11) is 0. The second kappa shape index (κ2) is 3.19. The number of furan rings is 1. The summed E-state index contributed by atoms with van der Waals surface area (Å²) in [5.74, 6) is 0.780. The molecular weight excluding hydrogens is 218 g/mol. The Morgan fingerprint density at radius 2 is 1.71 bits per heavy atom. The summed E-state index contributed by atoms with van der Waals surface area (Å²) in [5, 5.41) is 0. The summed E-state index contributed by atoms with van der Waals surface area (Å²) in [6.07, 6.45) is 1.60. The smallest absolute Gasteiger partial charge is 0.221 e. The molecule has 17 heavy (non-hydrogen) atoms. The van der Waals surface area contributed by atoms with Crippen LogP contribution in [0.3, 0.4) is 0 Å². The molecule has 4 bridgehead atoms. The molecule has 1 aromatic rings. The summed E-state index contributed by atoms with van der Waals surface area (Å²) >= 11 is 0. The second-order valence-electron chi connectivity index (χ2n) is 5.90. The van der Waals surface area contributed by atoms with Gasteiger partial charge in [0.2, 0.25) is 25.8 Å². The molecule has 0 radical (unpaired) electrons. The lowest BCUT2D eigenvalue weighted by Gasteiger charge is -2.51. The maximum atomic E-state index is 12.6. The molecule has 0 spiro atoms. The van der Waals surface area contributed by atoms with Gasteiger partial charge in [0.1, 0.15) is 19.6 Å². The largest absolute Gasteiger partial charge is 0.461 e. The molecule has 0 unspecified atom stereocenters. The highest BCUT2D eigenvalue weighted by atomic mass is 16.3. The molecular formula is C12H18N3O2+3. The fourth-order valence-electron chi connectivity index (χ4n) is 4.16. The van der Waals surface area contributed by atoms with Crippen molar-refractivity contribution in [3.63, 3.8) is 0 Å². The van der Waals surface area contributed by atoms with E-state index in [1.165, 1.54) is 20.0 Å². The number of quaternary nitrogens is 3. The standard InChI is InChI=1S/C12H15N3O2/c16-11(10-2-1-3-17-10)12-4-13-7-14(5-12)9-15(6-12)8-13/h1-3H,4-9H2/p+3. The Hall–Kier alpha value is -1.17. The van der Waals surface area contributed by atoms with E-state index < -0.39 is 0 Å². The van der Waals surface area contributed by atoms with Crippen molar-refractivity contribution < 1.29 is 23.9 Å². The van der Waals surface area contributed by atoms with Gasteiger partial charge in [-0.3, -0.25) is 4.79 Å². The van der Waals surface area contributed by atoms with Crippen LogP contribution in [0, 0.1) is 5.41 Å². The average Bonchev–Trinajstić information content (AvgIpc) is 2.79. The zero-order chi connectivity index (χ0) is 11.5. The van der Waals surface area contributed by atoms with Gasteiger partial charge in [0.15, 0.2) is 11.2 Å². The third-order valence-electron chi connectivity index (χ3n) is 4.49. The van der Waals surface area contributed by atoms with Gasteiger partial charge < -0.3 is 4.42 Å². The SMILES string of the molecule is O=C(c1ccco1)C12C[NH+]3C[NH+](C[NH+](C3)C1)C2. The van der Waals surface area contributed by atoms with Gasteiger partial charge in [-0.2, -0.15) is 0 Å². The molecule has 4 aliphatic heterocycles. The summed E-state index contributed by atoms with van der Waals surface area (Å²) in [4.78, 5) is 17.4. The first-order valence-electron chi connectivity index (χ1n) is 6.34. The Labute approximate surface area is 99.6 Å². The molecule has 5 nitrogen and oxygen atoms in total. The molecule has 0 saturated carbocycles. The minimum absolute atomic E-state index is 0.160. The van der Waals surface area contributed by atoms with Crippen LogP contribution in [-0.4, -0.2) is 45.4 Å². The van der Waals surface area contributed by atoms with Crippen molar-refractivity contribution in [2.45, 2.75) is 0 Å². The van der Waals surface area contributed by atoms with Crippen molar-refractivity contribution in [1.82, 2.24) is 0 Å². The number of nitrogens with one attached hydrogen (secondary N) is 3. The van der Waals surface area contributed by atoms with E-state index in [0.717, 1.165) is 19.6 Å². The molecule has 4 saturated heterocycles. The summed E-state index contributed by atoms with van der Waals surface area (Å²) < 4.78 is 5.31. The molecule has 0 atom stereocenters. The van der Waals surface area contributed by atoms with Gasteiger partial charge in [0.05, 0.1) is 6.26 Å². The first-order valence-corrected chi connectivity index (χ1v) is 6.34. The lowest BCUT2D eigenvalue weighted by atomic mass is 9.76. The molecule has 5 rings (SSSR count). The molecule has 4 aliphatic rings. The van der Waals surface area contributed by atoms with Gasteiger partial charge in [0.25, 0.3) is 0 Å². The third kappa shape index (κ3) is 1.33. The summed E-state index contributed by atoms with van der Waals surface area (Å²) in [6, 6.07) is 3.61. The van der Waals surface area contributed by atoms with Gasteiger partial charge in [-0.15, -0.1) is 0 Å². The molecule has 4 fully saturated rings. The Kier molecular flexibility index (Phi) is 1.84. The average molecular weight is 236 g/mol. The predicted molar refractivity (Wildman–Crippen MR) is 57.6 cm³/mol. The van der Waals surface area contributed by atoms with Crippen molar-refractivity contribution in [2.24, 2.45) is 5.41 Å². The molecule has 5 heterocycles. The number of Topliss-reactive ketones (excluding diaryl/α,β-unsaturated/α-hetero) is 1. The van der Waals surface area contributed by atoms with Crippen molar-refractivity contribution in [2.75, 3.05) is 39.6 Å². The van der Waals surface area contributed by atoms with Gasteiger partial charge in [0, 0.05) is 0 Å². The lowest BCUT2D eigenvalue weighted by Crippen LogP contribution is -3.56. The quantitative estimate of drug-likeness (QED) is 0.459. The maximum absolute atomic E-state index is 12.6. The fourth-order valence-corrected chi connectivity index (χ4v) is 4.16. The monoisotopic (exact) mass is 236 g/mol. The first-order chi connectivity index (χ1) is 8.25. The topological polar surface area (TPSA) is 43.5 Å². The molecule has 5 heteroatoms. The van der Waals surface area contributed by atoms with E-state index in [9.17, 15) is 4.79 Å². The predicted octanol–water partition coefficient (Wildman–Crippen LogP) is -3.98. The van der Waals surface area contributed by atoms with E-state index in [-0.39, 0.29) is 11.2 Å². The van der Waals surface area contributed by atoms with Crippen molar-refractivity contribution in [3.05, 3.63) is 24.2 Å². The number of carbonyl (C=O) groups excluding carboxylic acids is 1. The zero-order valence-corrected chi connectivity index (χ0v) is 9.79. The molecule has 90 valence electrons. The van der Waals surface area contributed by atoms with Crippen LogP contribution >= 0.6 is 0 Å². The third-order valence-corrected chi connectivity index (χ3v) is 4.49. The molecule has 3 N–H and O–H groups in total. The molecule has 0 amide bonds. The number of rotatable bonds is 2. The van der Waals surface area contributed by atoms with Gasteiger partial charge in [-0.05, 0) is 12.1 Å². The fraction of sp³-hybridized carbons (Fsp3) is 0.583. The number of ketones is 1. The molecule has 1 aromatic heterocycles. The maximum Gasteiger partial charge on any atom is 0.221 e. The highest BCUT2D eigenvalue weighted by molar-refractivity contribution is 5.98. The Balaban J connectivity index is 1.71. The van der Waals surface area contributed by atoms with Crippen LogP contribution in [0.4, 0.5) is 0 Å². The Bertz CT molecular complexity index is 419. The zero-order valence-electron chi connectivity index (χ0n) is 9.79. The van der Waals surface area contributed by atoms with E-state index in [1.54, 1.807) is 33.1 Å². The second-order valence-corrected chi connectivity index (χ2v) is 5.90. The van der Waals surface area contributed by atoms with Crippen LogP contribution < -0.4 is 14.7 Å². The number of hydrogen-bond donors (Lipinski definition) is 3. The van der Waals surface area contributed by atoms with Crippen molar-refractivity contribution in [3.8, 4) is 0 Å². The van der Waals surface area contributed by atoms with Crippen LogP contribution in [0.5, 0.6) is 0 Å². The van der Waals surface area contributed by atoms with E-state index in [2.05, 4.69) is 0 Å². The van der Waals surface area contributed by atoms with E-state index >= 15 is 0 Å². The lowest BCUT2D eigenvalue weighted by molar-refractivity contribution is -1.30. The molecule has 0 aliphatic carbocycles. The number of carbonyl (C=O) groups is 1. The first kappa shape index (κ1) is 9.82. The van der Waals surface area contributed by atoms with Gasteiger partial charge in [-0.1, -0.05) is 0 Å². The molecule has 0 aromatic carbocycles. The Morgan fingerprint density at radius 3 is 2.18 bits per heavy atom. The summed E-state index contributed by atoms with van der Waals surface area (Å²) in [5.41, 5.74) is -0.160. The van der Waals surface area contributed by atoms with Crippen LogP contribution in [0.15, 0.2) is 22.8 Å². The van der Waals surface area contributed by atoms with Crippen LogP contribution in [0.2, 0.25) is 0 Å². The minimum atomic E-state index is -0.160. The van der Waals surface area contributed by atoms with Crippen molar-refractivity contribution >= 4 is 5.78 Å². The van der Waals surface area contributed by atoms with Crippen LogP contribution in [0.25, 0.3) is 0 Å². The summed E-state index contributed by atoms with van der Waals surface area (Å²) in [6.45, 7) is 6.57.